The number of benzene rings is 1. The van der Waals surface area contributed by atoms with Crippen molar-refractivity contribution >= 4 is 11.7 Å². The molecule has 0 amide bonds. The van der Waals surface area contributed by atoms with Crippen LogP contribution in [-0.2, 0) is 9.53 Å². The Morgan fingerprint density at radius 3 is 3.00 bits per heavy atom. The van der Waals surface area contributed by atoms with Gasteiger partial charge in [0.1, 0.15) is 12.1 Å². The Morgan fingerprint density at radius 1 is 1.56 bits per heavy atom. The van der Waals surface area contributed by atoms with Crippen molar-refractivity contribution in [3.8, 4) is 6.07 Å². The first-order valence-corrected chi connectivity index (χ1v) is 6.02. The molecular weight excluding hydrogens is 228 g/mol. The second-order valence-corrected chi connectivity index (χ2v) is 4.51. The van der Waals surface area contributed by atoms with Gasteiger partial charge in [0, 0.05) is 6.54 Å². The van der Waals surface area contributed by atoms with Gasteiger partial charge in [0.05, 0.1) is 18.4 Å². The first-order valence-electron chi connectivity index (χ1n) is 6.02. The SMILES string of the molecule is COC(=O)C1CCCN1c1ccc(C)cc1C#N. The van der Waals surface area contributed by atoms with Crippen LogP contribution in [0.5, 0.6) is 0 Å². The van der Waals surface area contributed by atoms with Gasteiger partial charge < -0.3 is 9.64 Å². The van der Waals surface area contributed by atoms with Gasteiger partial charge in [-0.25, -0.2) is 4.79 Å². The van der Waals surface area contributed by atoms with Crippen LogP contribution in [0, 0.1) is 18.3 Å². The fraction of sp³-hybridized carbons (Fsp3) is 0.429. The van der Waals surface area contributed by atoms with Gasteiger partial charge in [-0.3, -0.25) is 0 Å². The van der Waals surface area contributed by atoms with Crippen LogP contribution in [0.15, 0.2) is 18.2 Å². The zero-order valence-electron chi connectivity index (χ0n) is 10.6. The average Bonchev–Trinajstić information content (AvgIpc) is 2.86. The normalized spacial score (nSPS) is 18.5. The zero-order chi connectivity index (χ0) is 13.1. The third-order valence-electron chi connectivity index (χ3n) is 3.31. The van der Waals surface area contributed by atoms with E-state index < -0.39 is 0 Å². The molecule has 1 aliphatic rings. The molecule has 1 aromatic carbocycles. The molecule has 1 aromatic rings. The highest BCUT2D eigenvalue weighted by Gasteiger charge is 2.32. The highest BCUT2D eigenvalue weighted by atomic mass is 16.5. The number of esters is 1. The number of nitriles is 1. The molecule has 1 saturated heterocycles. The smallest absolute Gasteiger partial charge is 0.328 e. The Hall–Kier alpha value is -2.02. The number of hydrogen-bond donors (Lipinski definition) is 0. The summed E-state index contributed by atoms with van der Waals surface area (Å²) in [6, 6.07) is 7.66. The van der Waals surface area contributed by atoms with Gasteiger partial charge in [-0.2, -0.15) is 5.26 Å². The van der Waals surface area contributed by atoms with Crippen LogP contribution in [-0.4, -0.2) is 25.7 Å². The first kappa shape index (κ1) is 12.4. The number of anilines is 1. The highest BCUT2D eigenvalue weighted by molar-refractivity contribution is 5.81. The average molecular weight is 244 g/mol. The maximum Gasteiger partial charge on any atom is 0.328 e. The number of rotatable bonds is 2. The van der Waals surface area contributed by atoms with Crippen LogP contribution in [0.4, 0.5) is 5.69 Å². The molecule has 0 aliphatic carbocycles. The van der Waals surface area contributed by atoms with Gasteiger partial charge in [0.2, 0.25) is 0 Å². The van der Waals surface area contributed by atoms with Crippen LogP contribution in [0.25, 0.3) is 0 Å². The van der Waals surface area contributed by atoms with Gasteiger partial charge in [-0.1, -0.05) is 6.07 Å². The van der Waals surface area contributed by atoms with Crippen LogP contribution in [0.1, 0.15) is 24.0 Å². The zero-order valence-corrected chi connectivity index (χ0v) is 10.6. The van der Waals surface area contributed by atoms with E-state index in [0.717, 1.165) is 30.6 Å². The van der Waals surface area contributed by atoms with Crippen molar-refractivity contribution < 1.29 is 9.53 Å². The van der Waals surface area contributed by atoms with E-state index in [1.165, 1.54) is 7.11 Å². The third kappa shape index (κ3) is 2.17. The third-order valence-corrected chi connectivity index (χ3v) is 3.31. The van der Waals surface area contributed by atoms with E-state index in [2.05, 4.69) is 6.07 Å². The predicted octanol–water partition coefficient (Wildman–Crippen LogP) is 2.01. The summed E-state index contributed by atoms with van der Waals surface area (Å²) in [5, 5.41) is 9.19. The number of carbonyl (C=O) groups excluding carboxylic acids is 1. The second-order valence-electron chi connectivity index (χ2n) is 4.51. The van der Waals surface area contributed by atoms with Gasteiger partial charge in [0.15, 0.2) is 0 Å². The van der Waals surface area contributed by atoms with Crippen molar-refractivity contribution in [2.75, 3.05) is 18.6 Å². The minimum Gasteiger partial charge on any atom is -0.467 e. The monoisotopic (exact) mass is 244 g/mol. The van der Waals surface area contributed by atoms with E-state index in [4.69, 9.17) is 4.74 Å². The van der Waals surface area contributed by atoms with Crippen LogP contribution >= 0.6 is 0 Å². The van der Waals surface area contributed by atoms with Crippen LogP contribution in [0.3, 0.4) is 0 Å². The van der Waals surface area contributed by atoms with E-state index in [9.17, 15) is 10.1 Å². The van der Waals surface area contributed by atoms with Gasteiger partial charge in [0.25, 0.3) is 0 Å². The standard InChI is InChI=1S/C14H16N2O2/c1-10-5-6-12(11(8-10)9-15)16-7-3-4-13(16)14(17)18-2/h5-6,8,13H,3-4,7H2,1-2H3. The lowest BCUT2D eigenvalue weighted by atomic mass is 10.1. The molecule has 1 heterocycles. The Labute approximate surface area is 107 Å². The summed E-state index contributed by atoms with van der Waals surface area (Å²) >= 11 is 0. The molecule has 0 bridgehead atoms. The van der Waals surface area contributed by atoms with Crippen molar-refractivity contribution in [2.24, 2.45) is 0 Å². The summed E-state index contributed by atoms with van der Waals surface area (Å²) in [6.07, 6.45) is 1.73. The Balaban J connectivity index is 2.36. The molecule has 4 heteroatoms. The summed E-state index contributed by atoms with van der Waals surface area (Å²) in [5.74, 6) is -0.225. The molecule has 0 N–H and O–H groups in total. The predicted molar refractivity (Wildman–Crippen MR) is 68.3 cm³/mol. The van der Waals surface area contributed by atoms with E-state index in [-0.39, 0.29) is 12.0 Å². The van der Waals surface area contributed by atoms with Crippen molar-refractivity contribution in [1.29, 1.82) is 5.26 Å². The summed E-state index contributed by atoms with van der Waals surface area (Å²) in [5.41, 5.74) is 2.49. The molecule has 0 spiro atoms. The van der Waals surface area contributed by atoms with Crippen molar-refractivity contribution in [2.45, 2.75) is 25.8 Å². The fourth-order valence-electron chi connectivity index (χ4n) is 2.43. The summed E-state index contributed by atoms with van der Waals surface area (Å²) < 4.78 is 4.82. The van der Waals surface area contributed by atoms with E-state index in [1.807, 2.05) is 30.0 Å². The largest absolute Gasteiger partial charge is 0.467 e. The topological polar surface area (TPSA) is 53.3 Å². The molecule has 0 saturated carbocycles. The van der Waals surface area contributed by atoms with Crippen molar-refractivity contribution in [3.63, 3.8) is 0 Å². The number of carbonyl (C=O) groups is 1. The highest BCUT2D eigenvalue weighted by Crippen LogP contribution is 2.29. The molecular formula is C14H16N2O2. The minimum absolute atomic E-state index is 0.225. The maximum absolute atomic E-state index is 11.7. The van der Waals surface area contributed by atoms with E-state index >= 15 is 0 Å². The number of hydrogen-bond acceptors (Lipinski definition) is 4. The summed E-state index contributed by atoms with van der Waals surface area (Å²) in [7, 11) is 1.40. The van der Waals surface area contributed by atoms with Gasteiger partial charge >= 0.3 is 5.97 Å². The fourth-order valence-corrected chi connectivity index (χ4v) is 2.43. The first-order chi connectivity index (χ1) is 8.67. The number of ether oxygens (including phenoxy) is 1. The lowest BCUT2D eigenvalue weighted by Crippen LogP contribution is -2.37. The lowest BCUT2D eigenvalue weighted by Gasteiger charge is -2.25. The molecule has 1 unspecified atom stereocenters. The maximum atomic E-state index is 11.7. The molecule has 0 aromatic heterocycles. The number of aryl methyl sites for hydroxylation is 1. The molecule has 4 nitrogen and oxygen atoms in total. The van der Waals surface area contributed by atoms with Gasteiger partial charge in [-0.05, 0) is 37.5 Å². The second kappa shape index (κ2) is 5.09. The quantitative estimate of drug-likeness (QED) is 0.747. The van der Waals surface area contributed by atoms with Crippen molar-refractivity contribution in [1.82, 2.24) is 0 Å². The Morgan fingerprint density at radius 2 is 2.33 bits per heavy atom. The van der Waals surface area contributed by atoms with Crippen molar-refractivity contribution in [3.05, 3.63) is 29.3 Å². The van der Waals surface area contributed by atoms with Crippen LogP contribution < -0.4 is 4.90 Å². The molecule has 94 valence electrons. The molecule has 1 fully saturated rings. The van der Waals surface area contributed by atoms with Gasteiger partial charge in [-0.15, -0.1) is 0 Å². The molecule has 1 atom stereocenters. The lowest BCUT2D eigenvalue weighted by molar-refractivity contribution is -0.141. The summed E-state index contributed by atoms with van der Waals surface area (Å²) in [6.45, 7) is 2.74. The molecule has 2 rings (SSSR count). The minimum atomic E-state index is -0.259. The van der Waals surface area contributed by atoms with E-state index in [0.29, 0.717) is 5.56 Å². The number of nitrogens with zero attached hydrogens (tertiary/aromatic N) is 2. The van der Waals surface area contributed by atoms with Crippen LogP contribution in [0.2, 0.25) is 0 Å². The number of methoxy groups -OCH3 is 1. The Kier molecular flexibility index (Phi) is 3.52. The summed E-state index contributed by atoms with van der Waals surface area (Å²) in [4.78, 5) is 13.7. The molecule has 0 radical (unpaired) electrons. The Bertz CT molecular complexity index is 505. The molecule has 18 heavy (non-hydrogen) atoms. The van der Waals surface area contributed by atoms with E-state index in [1.54, 1.807) is 0 Å². The molecule has 1 aliphatic heterocycles.